The highest BCUT2D eigenvalue weighted by molar-refractivity contribution is 6.30. The average Bonchev–Trinajstić information content (AvgIpc) is 2.15. The average molecular weight is 229 g/mol. The van der Waals surface area contributed by atoms with Crippen molar-refractivity contribution in [3.05, 3.63) is 17.3 Å². The van der Waals surface area contributed by atoms with Gasteiger partial charge in [-0.25, -0.2) is 4.98 Å². The van der Waals surface area contributed by atoms with Gasteiger partial charge in [-0.05, 0) is 6.07 Å². The minimum absolute atomic E-state index is 0.0499. The van der Waals surface area contributed by atoms with Crippen LogP contribution >= 0.6 is 11.6 Å². The molecule has 0 unspecified atom stereocenters. The van der Waals surface area contributed by atoms with Gasteiger partial charge in [-0.2, -0.15) is 0 Å². The van der Waals surface area contributed by atoms with Crippen molar-refractivity contribution in [1.29, 1.82) is 0 Å². The summed E-state index contributed by atoms with van der Waals surface area (Å²) in [7, 11) is 3.37. The number of amides is 1. The van der Waals surface area contributed by atoms with Crippen molar-refractivity contribution in [2.24, 2.45) is 0 Å². The molecule has 1 heterocycles. The zero-order valence-corrected chi connectivity index (χ0v) is 9.38. The molecule has 1 rings (SSSR count). The summed E-state index contributed by atoms with van der Waals surface area (Å²) < 4.78 is 0. The van der Waals surface area contributed by atoms with E-state index in [1.54, 1.807) is 20.2 Å². The second-order valence-electron chi connectivity index (χ2n) is 3.23. The van der Waals surface area contributed by atoms with Gasteiger partial charge >= 0.3 is 0 Å². The fourth-order valence-corrected chi connectivity index (χ4v) is 1.09. The number of nitrogens with zero attached hydrogens (tertiary/aromatic N) is 2. The molecular weight excluding hydrogens is 216 g/mol. The van der Waals surface area contributed by atoms with E-state index in [1.165, 1.54) is 11.1 Å². The molecule has 0 aliphatic carbocycles. The van der Waals surface area contributed by atoms with E-state index >= 15 is 0 Å². The van der Waals surface area contributed by atoms with Crippen LogP contribution in [0.1, 0.15) is 0 Å². The zero-order valence-electron chi connectivity index (χ0n) is 8.62. The Hall–Kier alpha value is -1.49. The van der Waals surface area contributed by atoms with Crippen LogP contribution in [0.15, 0.2) is 12.3 Å². The lowest BCUT2D eigenvalue weighted by Gasteiger charge is -2.12. The van der Waals surface area contributed by atoms with E-state index in [2.05, 4.69) is 10.3 Å². The number of halogens is 1. The van der Waals surface area contributed by atoms with Crippen molar-refractivity contribution in [1.82, 2.24) is 9.88 Å². The third kappa shape index (κ3) is 3.28. The van der Waals surface area contributed by atoms with Crippen molar-refractivity contribution in [3.63, 3.8) is 0 Å². The molecule has 1 amide bonds. The third-order valence-electron chi connectivity index (χ3n) is 1.79. The van der Waals surface area contributed by atoms with Crippen molar-refractivity contribution in [2.75, 3.05) is 31.7 Å². The van der Waals surface area contributed by atoms with Crippen molar-refractivity contribution in [3.8, 4) is 0 Å². The molecule has 0 radical (unpaired) electrons. The summed E-state index contributed by atoms with van der Waals surface area (Å²) >= 11 is 5.68. The van der Waals surface area contributed by atoms with E-state index in [4.69, 9.17) is 17.3 Å². The summed E-state index contributed by atoms with van der Waals surface area (Å²) in [6.45, 7) is 0.159. The molecule has 0 spiro atoms. The fraction of sp³-hybridized carbons (Fsp3) is 0.333. The summed E-state index contributed by atoms with van der Waals surface area (Å²) in [5.41, 5.74) is 6.07. The Morgan fingerprint density at radius 1 is 1.67 bits per heavy atom. The highest BCUT2D eigenvalue weighted by atomic mass is 35.5. The monoisotopic (exact) mass is 228 g/mol. The summed E-state index contributed by atoms with van der Waals surface area (Å²) in [4.78, 5) is 16.7. The molecule has 0 aliphatic rings. The first kappa shape index (κ1) is 11.6. The van der Waals surface area contributed by atoms with Gasteiger partial charge in [0, 0.05) is 20.3 Å². The molecule has 1 aromatic heterocycles. The number of rotatable bonds is 3. The molecule has 0 saturated carbocycles. The number of anilines is 2. The summed E-state index contributed by atoms with van der Waals surface area (Å²) in [5, 5.41) is 3.30. The molecule has 15 heavy (non-hydrogen) atoms. The van der Waals surface area contributed by atoms with Crippen LogP contribution in [0.3, 0.4) is 0 Å². The summed E-state index contributed by atoms with van der Waals surface area (Å²) in [5.74, 6) is 0.417. The summed E-state index contributed by atoms with van der Waals surface area (Å²) in [6.07, 6.45) is 1.47. The molecule has 0 bridgehead atoms. The van der Waals surface area contributed by atoms with E-state index < -0.39 is 0 Å². The van der Waals surface area contributed by atoms with Crippen LogP contribution in [-0.4, -0.2) is 36.4 Å². The Morgan fingerprint density at radius 2 is 2.33 bits per heavy atom. The molecule has 0 saturated heterocycles. The van der Waals surface area contributed by atoms with E-state index in [1.807, 2.05) is 0 Å². The minimum Gasteiger partial charge on any atom is -0.396 e. The number of carbonyl (C=O) groups excluding carboxylic acids is 1. The Kier molecular flexibility index (Phi) is 3.74. The lowest BCUT2D eigenvalue weighted by atomic mass is 10.4. The molecule has 6 heteroatoms. The van der Waals surface area contributed by atoms with Gasteiger partial charge in [-0.3, -0.25) is 4.79 Å². The Morgan fingerprint density at radius 3 is 2.87 bits per heavy atom. The maximum Gasteiger partial charge on any atom is 0.241 e. The van der Waals surface area contributed by atoms with Gasteiger partial charge in [-0.1, -0.05) is 11.6 Å². The number of pyridine rings is 1. The molecule has 5 nitrogen and oxygen atoms in total. The fourth-order valence-electron chi connectivity index (χ4n) is 0.920. The first-order valence-corrected chi connectivity index (χ1v) is 4.73. The SMILES string of the molecule is CN(C)C(=O)CNc1ncc(Cl)cc1N. The largest absolute Gasteiger partial charge is 0.396 e. The van der Waals surface area contributed by atoms with Crippen molar-refractivity contribution < 1.29 is 4.79 Å². The lowest BCUT2D eigenvalue weighted by molar-refractivity contribution is -0.126. The van der Waals surface area contributed by atoms with Crippen molar-refractivity contribution in [2.45, 2.75) is 0 Å². The lowest BCUT2D eigenvalue weighted by Crippen LogP contribution is -2.29. The Labute approximate surface area is 93.2 Å². The molecular formula is C9H13ClN4O. The third-order valence-corrected chi connectivity index (χ3v) is 2.00. The minimum atomic E-state index is -0.0499. The highest BCUT2D eigenvalue weighted by Crippen LogP contribution is 2.18. The molecule has 0 aliphatic heterocycles. The van der Waals surface area contributed by atoms with Gasteiger partial charge in [0.15, 0.2) is 0 Å². The maximum atomic E-state index is 11.3. The van der Waals surface area contributed by atoms with Crippen molar-refractivity contribution >= 4 is 29.0 Å². The van der Waals surface area contributed by atoms with Gasteiger partial charge in [0.2, 0.25) is 5.91 Å². The topological polar surface area (TPSA) is 71.2 Å². The van der Waals surface area contributed by atoms with E-state index in [-0.39, 0.29) is 12.5 Å². The van der Waals surface area contributed by atoms with Gasteiger partial charge in [0.25, 0.3) is 0 Å². The maximum absolute atomic E-state index is 11.3. The predicted molar refractivity (Wildman–Crippen MR) is 60.8 cm³/mol. The van der Waals surface area contributed by atoms with Gasteiger partial charge in [0.1, 0.15) is 5.82 Å². The number of nitrogens with one attached hydrogen (secondary N) is 1. The molecule has 3 N–H and O–H groups in total. The number of likely N-dealkylation sites (N-methyl/N-ethyl adjacent to an activating group) is 1. The molecule has 0 fully saturated rings. The number of nitrogens with two attached hydrogens (primary N) is 1. The first-order chi connectivity index (χ1) is 7.00. The first-order valence-electron chi connectivity index (χ1n) is 4.35. The normalized spacial score (nSPS) is 9.80. The quantitative estimate of drug-likeness (QED) is 0.804. The number of aromatic nitrogens is 1. The van der Waals surface area contributed by atoms with E-state index in [0.29, 0.717) is 16.5 Å². The molecule has 1 aromatic rings. The Balaban J connectivity index is 2.62. The van der Waals surface area contributed by atoms with Crippen LogP contribution in [0.5, 0.6) is 0 Å². The second-order valence-corrected chi connectivity index (χ2v) is 3.67. The molecule has 82 valence electrons. The summed E-state index contributed by atoms with van der Waals surface area (Å²) in [6, 6.07) is 1.58. The van der Waals surface area contributed by atoms with Gasteiger partial charge in [-0.15, -0.1) is 0 Å². The smallest absolute Gasteiger partial charge is 0.241 e. The van der Waals surface area contributed by atoms with Gasteiger partial charge < -0.3 is 16.0 Å². The standard InChI is InChI=1S/C9H13ClN4O/c1-14(2)8(15)5-13-9-7(11)3-6(10)4-12-9/h3-4H,5,11H2,1-2H3,(H,12,13). The van der Waals surface area contributed by atoms with Crippen LogP contribution in [-0.2, 0) is 4.79 Å². The van der Waals surface area contributed by atoms with Crippen LogP contribution in [0, 0.1) is 0 Å². The Bertz CT molecular complexity index is 367. The number of nitrogen functional groups attached to an aromatic ring is 1. The van der Waals surface area contributed by atoms with E-state index in [9.17, 15) is 4.79 Å². The molecule has 0 atom stereocenters. The van der Waals surface area contributed by atoms with Crippen LogP contribution < -0.4 is 11.1 Å². The highest BCUT2D eigenvalue weighted by Gasteiger charge is 2.06. The van der Waals surface area contributed by atoms with Gasteiger partial charge in [0.05, 0.1) is 17.3 Å². The number of hydrogen-bond donors (Lipinski definition) is 2. The number of hydrogen-bond acceptors (Lipinski definition) is 4. The molecule has 0 aromatic carbocycles. The van der Waals surface area contributed by atoms with Crippen LogP contribution in [0.4, 0.5) is 11.5 Å². The number of carbonyl (C=O) groups is 1. The van der Waals surface area contributed by atoms with Crippen LogP contribution in [0.2, 0.25) is 5.02 Å². The predicted octanol–water partition coefficient (Wildman–Crippen LogP) is 0.817. The zero-order chi connectivity index (χ0) is 11.4. The van der Waals surface area contributed by atoms with Crippen LogP contribution in [0.25, 0.3) is 0 Å². The van der Waals surface area contributed by atoms with E-state index in [0.717, 1.165) is 0 Å². The second kappa shape index (κ2) is 4.84.